The quantitative estimate of drug-likeness (QED) is 0.752. The highest BCUT2D eigenvalue weighted by atomic mass is 79.9. The summed E-state index contributed by atoms with van der Waals surface area (Å²) < 4.78 is 6.68. The number of rotatable bonds is 1. The Hall–Kier alpha value is -1.95. The van der Waals surface area contributed by atoms with Gasteiger partial charge in [0.2, 0.25) is 0 Å². The van der Waals surface area contributed by atoms with E-state index in [1.807, 2.05) is 6.07 Å². The number of carbonyl (C=O) groups is 1. The lowest BCUT2D eigenvalue weighted by Crippen LogP contribution is -2.29. The normalized spacial score (nSPS) is 17.2. The van der Waals surface area contributed by atoms with E-state index in [9.17, 15) is 9.59 Å². The van der Waals surface area contributed by atoms with E-state index in [0.29, 0.717) is 21.2 Å². The Balaban J connectivity index is 2.35. The molecule has 1 aromatic heterocycles. The molecule has 2 heterocycles. The number of aromatic nitrogens is 2. The Morgan fingerprint density at radius 2 is 2.16 bits per heavy atom. The first-order valence-electron chi connectivity index (χ1n) is 5.60. The number of carbonyl (C=O) groups excluding carboxylic acids is 1. The third-order valence-electron chi connectivity index (χ3n) is 3.05. The van der Waals surface area contributed by atoms with E-state index in [-0.39, 0.29) is 5.56 Å². The molecule has 2 aromatic rings. The third kappa shape index (κ3) is 1.71. The molecule has 0 amide bonds. The minimum atomic E-state index is -0.765. The highest BCUT2D eigenvalue weighted by molar-refractivity contribution is 9.15. The molecule has 0 saturated carbocycles. The molecule has 1 aliphatic rings. The van der Waals surface area contributed by atoms with Crippen molar-refractivity contribution in [1.82, 2.24) is 9.55 Å². The summed E-state index contributed by atoms with van der Waals surface area (Å²) in [7, 11) is 1.29. The monoisotopic (exact) mass is 320 g/mol. The number of hydrogen-bond acceptors (Lipinski definition) is 4. The van der Waals surface area contributed by atoms with Crippen molar-refractivity contribution in [2.45, 2.75) is 6.04 Å². The summed E-state index contributed by atoms with van der Waals surface area (Å²) in [4.78, 5) is 28.6. The summed E-state index contributed by atoms with van der Waals surface area (Å²) in [6.07, 6.45) is 1.62. The molecule has 6 heteroatoms. The van der Waals surface area contributed by atoms with Gasteiger partial charge in [0.25, 0.3) is 5.56 Å². The van der Waals surface area contributed by atoms with E-state index in [2.05, 4.69) is 20.9 Å². The number of benzene rings is 1. The number of hydrogen-bond donors (Lipinski definition) is 0. The largest absolute Gasteiger partial charge is 0.467 e. The Bertz CT molecular complexity index is 779. The fourth-order valence-corrected chi connectivity index (χ4v) is 2.68. The van der Waals surface area contributed by atoms with E-state index < -0.39 is 12.0 Å². The number of esters is 1. The number of para-hydroxylation sites is 1. The summed E-state index contributed by atoms with van der Waals surface area (Å²) >= 11 is 3.33. The van der Waals surface area contributed by atoms with Gasteiger partial charge in [-0.05, 0) is 34.1 Å². The first-order valence-corrected chi connectivity index (χ1v) is 6.39. The number of nitrogens with zero attached hydrogens (tertiary/aromatic N) is 2. The molecule has 0 N–H and O–H groups in total. The second kappa shape index (κ2) is 4.31. The predicted molar refractivity (Wildman–Crippen MR) is 74.0 cm³/mol. The van der Waals surface area contributed by atoms with Gasteiger partial charge in [-0.1, -0.05) is 12.1 Å². The van der Waals surface area contributed by atoms with Crippen LogP contribution in [-0.4, -0.2) is 22.6 Å². The van der Waals surface area contributed by atoms with Gasteiger partial charge in [-0.15, -0.1) is 0 Å². The van der Waals surface area contributed by atoms with Crippen molar-refractivity contribution < 1.29 is 9.53 Å². The molecule has 0 radical (unpaired) electrons. The molecule has 1 aliphatic heterocycles. The zero-order chi connectivity index (χ0) is 13.6. The van der Waals surface area contributed by atoms with Crippen molar-refractivity contribution in [3.05, 3.63) is 46.5 Å². The van der Waals surface area contributed by atoms with Crippen LogP contribution in [0.15, 0.2) is 35.1 Å². The highest BCUT2D eigenvalue weighted by Gasteiger charge is 2.31. The maximum Gasteiger partial charge on any atom is 0.333 e. The Kier molecular flexibility index (Phi) is 2.74. The lowest BCUT2D eigenvalue weighted by molar-refractivity contribution is -0.143. The Morgan fingerprint density at radius 1 is 1.42 bits per heavy atom. The molecule has 0 spiro atoms. The van der Waals surface area contributed by atoms with Crippen LogP contribution in [0.1, 0.15) is 11.9 Å². The fourth-order valence-electron chi connectivity index (χ4n) is 2.15. The summed E-state index contributed by atoms with van der Waals surface area (Å²) in [5.74, 6) is -0.0472. The number of halogens is 1. The van der Waals surface area contributed by atoms with Crippen LogP contribution >= 0.6 is 15.9 Å². The fraction of sp³-hybridized carbons (Fsp3) is 0.154. The standard InChI is InChI=1S/C13H9BrN2O3/c1-19-13(18)10-6-8(14)11-15-9-5-3-2-4-7(9)12(17)16(10)11/h2-6,10H,1H3. The zero-order valence-corrected chi connectivity index (χ0v) is 11.5. The second-order valence-electron chi connectivity index (χ2n) is 4.11. The second-order valence-corrected chi connectivity index (χ2v) is 4.96. The van der Waals surface area contributed by atoms with Gasteiger partial charge < -0.3 is 4.74 Å². The molecular weight excluding hydrogens is 312 g/mol. The van der Waals surface area contributed by atoms with Crippen LogP contribution in [0.4, 0.5) is 0 Å². The SMILES string of the molecule is COC(=O)C1C=C(Br)c2nc3ccccc3c(=O)n21. The molecule has 5 nitrogen and oxygen atoms in total. The summed E-state index contributed by atoms with van der Waals surface area (Å²) in [5.41, 5.74) is 0.358. The van der Waals surface area contributed by atoms with Crippen molar-refractivity contribution in [2.24, 2.45) is 0 Å². The Morgan fingerprint density at radius 3 is 2.89 bits per heavy atom. The van der Waals surface area contributed by atoms with Crippen LogP contribution in [0, 0.1) is 0 Å². The van der Waals surface area contributed by atoms with Gasteiger partial charge in [-0.2, -0.15) is 0 Å². The van der Waals surface area contributed by atoms with E-state index in [1.165, 1.54) is 11.7 Å². The molecule has 0 aliphatic carbocycles. The lowest BCUT2D eigenvalue weighted by atomic mass is 10.2. The smallest absolute Gasteiger partial charge is 0.333 e. The van der Waals surface area contributed by atoms with E-state index in [0.717, 1.165) is 0 Å². The predicted octanol–water partition coefficient (Wildman–Crippen LogP) is 1.86. The van der Waals surface area contributed by atoms with Crippen molar-refractivity contribution in [2.75, 3.05) is 7.11 Å². The molecule has 96 valence electrons. The van der Waals surface area contributed by atoms with Crippen molar-refractivity contribution in [3.8, 4) is 0 Å². The average molecular weight is 321 g/mol. The molecule has 0 bridgehead atoms. The summed E-state index contributed by atoms with van der Waals surface area (Å²) in [6.45, 7) is 0. The van der Waals surface area contributed by atoms with Gasteiger partial charge >= 0.3 is 5.97 Å². The van der Waals surface area contributed by atoms with Gasteiger partial charge in [-0.25, -0.2) is 9.78 Å². The topological polar surface area (TPSA) is 61.2 Å². The maximum absolute atomic E-state index is 12.5. The molecule has 1 aromatic carbocycles. The highest BCUT2D eigenvalue weighted by Crippen LogP contribution is 2.32. The minimum absolute atomic E-state index is 0.248. The van der Waals surface area contributed by atoms with Crippen LogP contribution in [-0.2, 0) is 9.53 Å². The zero-order valence-electron chi connectivity index (χ0n) is 9.96. The van der Waals surface area contributed by atoms with Gasteiger partial charge in [0, 0.05) is 0 Å². The van der Waals surface area contributed by atoms with Crippen molar-refractivity contribution >= 4 is 37.3 Å². The third-order valence-corrected chi connectivity index (χ3v) is 3.67. The van der Waals surface area contributed by atoms with Crippen LogP contribution in [0.2, 0.25) is 0 Å². The lowest BCUT2D eigenvalue weighted by Gasteiger charge is -2.12. The van der Waals surface area contributed by atoms with Crippen molar-refractivity contribution in [3.63, 3.8) is 0 Å². The molecule has 3 rings (SSSR count). The summed E-state index contributed by atoms with van der Waals surface area (Å²) in [6, 6.07) is 6.28. The first-order chi connectivity index (χ1) is 9.13. The average Bonchev–Trinajstić information content (AvgIpc) is 2.76. The van der Waals surface area contributed by atoms with E-state index in [4.69, 9.17) is 4.74 Å². The molecule has 19 heavy (non-hydrogen) atoms. The number of methoxy groups -OCH3 is 1. The Labute approximate surface area is 116 Å². The van der Waals surface area contributed by atoms with E-state index in [1.54, 1.807) is 24.3 Å². The summed E-state index contributed by atoms with van der Waals surface area (Å²) in [5, 5.41) is 0.482. The minimum Gasteiger partial charge on any atom is -0.467 e. The van der Waals surface area contributed by atoms with Gasteiger partial charge in [0.1, 0.15) is 0 Å². The molecule has 0 saturated heterocycles. The van der Waals surface area contributed by atoms with Crippen LogP contribution in [0.5, 0.6) is 0 Å². The van der Waals surface area contributed by atoms with Gasteiger partial charge in [0.05, 0.1) is 22.5 Å². The molecule has 0 fully saturated rings. The van der Waals surface area contributed by atoms with Crippen LogP contribution < -0.4 is 5.56 Å². The first kappa shape index (κ1) is 12.1. The van der Waals surface area contributed by atoms with Crippen LogP contribution in [0.3, 0.4) is 0 Å². The number of fused-ring (bicyclic) bond motifs is 2. The molecule has 1 atom stereocenters. The van der Waals surface area contributed by atoms with Gasteiger partial charge in [-0.3, -0.25) is 9.36 Å². The molecule has 1 unspecified atom stereocenters. The van der Waals surface area contributed by atoms with Crippen molar-refractivity contribution in [1.29, 1.82) is 0 Å². The van der Waals surface area contributed by atoms with Crippen LogP contribution in [0.25, 0.3) is 15.4 Å². The van der Waals surface area contributed by atoms with Gasteiger partial charge in [0.15, 0.2) is 11.9 Å². The maximum atomic E-state index is 12.5. The van der Waals surface area contributed by atoms with E-state index >= 15 is 0 Å². The molecular formula is C13H9BrN2O3. The number of ether oxygens (including phenoxy) is 1.